The SMILES string of the molecule is C=CC1CCCC(C=C(C)C(=O)O)C1CCCC. The first-order valence-electron chi connectivity index (χ1n) is 7.14. The predicted octanol–water partition coefficient (Wildman–Crippen LogP) is 4.43. The molecule has 0 amide bonds. The van der Waals surface area contributed by atoms with Crippen molar-refractivity contribution >= 4 is 5.97 Å². The molecule has 1 rings (SSSR count). The van der Waals surface area contributed by atoms with Crippen molar-refractivity contribution in [1.29, 1.82) is 0 Å². The Morgan fingerprint density at radius 1 is 1.39 bits per heavy atom. The number of rotatable bonds is 6. The first-order valence-corrected chi connectivity index (χ1v) is 7.14. The molecule has 2 nitrogen and oxygen atoms in total. The van der Waals surface area contributed by atoms with Crippen LogP contribution in [0.15, 0.2) is 24.3 Å². The van der Waals surface area contributed by atoms with E-state index in [1.807, 2.05) is 6.08 Å². The first-order chi connectivity index (χ1) is 8.60. The Morgan fingerprint density at radius 3 is 2.61 bits per heavy atom. The van der Waals surface area contributed by atoms with Gasteiger partial charge in [0, 0.05) is 5.57 Å². The summed E-state index contributed by atoms with van der Waals surface area (Å²) in [6, 6.07) is 0. The lowest BCUT2D eigenvalue weighted by molar-refractivity contribution is -0.132. The van der Waals surface area contributed by atoms with E-state index in [1.54, 1.807) is 6.92 Å². The van der Waals surface area contributed by atoms with Crippen LogP contribution in [0.25, 0.3) is 0 Å². The second-order valence-corrected chi connectivity index (χ2v) is 5.46. The molecule has 1 aliphatic carbocycles. The van der Waals surface area contributed by atoms with Gasteiger partial charge in [-0.05, 0) is 43.9 Å². The summed E-state index contributed by atoms with van der Waals surface area (Å²) < 4.78 is 0. The van der Waals surface area contributed by atoms with Gasteiger partial charge in [0.25, 0.3) is 0 Å². The molecule has 1 N–H and O–H groups in total. The third-order valence-corrected chi connectivity index (χ3v) is 4.17. The van der Waals surface area contributed by atoms with Gasteiger partial charge in [0.2, 0.25) is 0 Å². The highest BCUT2D eigenvalue weighted by atomic mass is 16.4. The minimum absolute atomic E-state index is 0.421. The number of allylic oxidation sites excluding steroid dienone is 2. The summed E-state index contributed by atoms with van der Waals surface area (Å²) in [4.78, 5) is 11.0. The lowest BCUT2D eigenvalue weighted by Gasteiger charge is -2.36. The van der Waals surface area contributed by atoms with Crippen molar-refractivity contribution in [1.82, 2.24) is 0 Å². The van der Waals surface area contributed by atoms with Gasteiger partial charge >= 0.3 is 5.97 Å². The van der Waals surface area contributed by atoms with Crippen LogP contribution in [0.2, 0.25) is 0 Å². The number of carbonyl (C=O) groups is 1. The number of carboxylic acid groups (broad SMARTS) is 1. The maximum Gasteiger partial charge on any atom is 0.330 e. The summed E-state index contributed by atoms with van der Waals surface area (Å²) >= 11 is 0. The fourth-order valence-corrected chi connectivity index (χ4v) is 3.09. The number of hydrogen-bond donors (Lipinski definition) is 1. The average Bonchev–Trinajstić information content (AvgIpc) is 2.36. The second-order valence-electron chi connectivity index (χ2n) is 5.46. The fraction of sp³-hybridized carbons (Fsp3) is 0.688. The van der Waals surface area contributed by atoms with Crippen LogP contribution in [0.3, 0.4) is 0 Å². The van der Waals surface area contributed by atoms with E-state index in [2.05, 4.69) is 19.6 Å². The van der Waals surface area contributed by atoms with Crippen LogP contribution in [0.5, 0.6) is 0 Å². The second kappa shape index (κ2) is 7.40. The van der Waals surface area contributed by atoms with Crippen molar-refractivity contribution in [2.24, 2.45) is 17.8 Å². The van der Waals surface area contributed by atoms with Crippen molar-refractivity contribution in [3.63, 3.8) is 0 Å². The number of aliphatic carboxylic acids is 1. The first kappa shape index (κ1) is 15.0. The Kier molecular flexibility index (Phi) is 6.17. The van der Waals surface area contributed by atoms with Crippen molar-refractivity contribution in [3.05, 3.63) is 24.3 Å². The lowest BCUT2D eigenvalue weighted by atomic mass is 9.69. The van der Waals surface area contributed by atoms with E-state index in [4.69, 9.17) is 5.11 Å². The van der Waals surface area contributed by atoms with Gasteiger partial charge in [-0.15, -0.1) is 6.58 Å². The van der Waals surface area contributed by atoms with Gasteiger partial charge in [0.1, 0.15) is 0 Å². The maximum atomic E-state index is 11.0. The molecule has 102 valence electrons. The van der Waals surface area contributed by atoms with Gasteiger partial charge in [0.05, 0.1) is 0 Å². The predicted molar refractivity (Wildman–Crippen MR) is 75.4 cm³/mol. The van der Waals surface area contributed by atoms with Crippen molar-refractivity contribution < 1.29 is 9.90 Å². The van der Waals surface area contributed by atoms with Crippen molar-refractivity contribution in [2.45, 2.75) is 52.4 Å². The lowest BCUT2D eigenvalue weighted by Crippen LogP contribution is -2.26. The molecule has 0 heterocycles. The number of carboxylic acids is 1. The van der Waals surface area contributed by atoms with E-state index < -0.39 is 5.97 Å². The standard InChI is InChI=1S/C16H26O2/c1-4-6-10-15-13(5-2)8-7-9-14(15)11-12(3)16(17)18/h5,11,13-15H,2,4,6-10H2,1,3H3,(H,17,18). The molecule has 1 fully saturated rings. The zero-order chi connectivity index (χ0) is 13.5. The highest BCUT2D eigenvalue weighted by molar-refractivity contribution is 5.85. The third-order valence-electron chi connectivity index (χ3n) is 4.17. The Hall–Kier alpha value is -1.05. The normalized spacial score (nSPS) is 29.0. The molecule has 2 heteroatoms. The smallest absolute Gasteiger partial charge is 0.330 e. The molecule has 0 aromatic carbocycles. The molecule has 3 unspecified atom stereocenters. The molecule has 3 atom stereocenters. The average molecular weight is 250 g/mol. The molecule has 0 aliphatic heterocycles. The van der Waals surface area contributed by atoms with Gasteiger partial charge < -0.3 is 5.11 Å². The Labute approximate surface area is 111 Å². The monoisotopic (exact) mass is 250 g/mol. The summed E-state index contributed by atoms with van der Waals surface area (Å²) in [6.45, 7) is 7.87. The molecule has 0 spiro atoms. The summed E-state index contributed by atoms with van der Waals surface area (Å²) in [5, 5.41) is 9.01. The van der Waals surface area contributed by atoms with E-state index in [0.717, 1.165) is 6.42 Å². The van der Waals surface area contributed by atoms with E-state index in [1.165, 1.54) is 32.1 Å². The van der Waals surface area contributed by atoms with Crippen LogP contribution in [0.1, 0.15) is 52.4 Å². The molecule has 0 radical (unpaired) electrons. The van der Waals surface area contributed by atoms with E-state index >= 15 is 0 Å². The minimum Gasteiger partial charge on any atom is -0.478 e. The number of unbranched alkanes of at least 4 members (excludes halogenated alkanes) is 1. The summed E-state index contributed by atoms with van der Waals surface area (Å²) in [6.07, 6.45) is 11.2. The molecule has 0 aromatic heterocycles. The van der Waals surface area contributed by atoms with Crippen molar-refractivity contribution in [2.75, 3.05) is 0 Å². The summed E-state index contributed by atoms with van der Waals surface area (Å²) in [5.41, 5.74) is 0.492. The quantitative estimate of drug-likeness (QED) is 0.559. The Bertz CT molecular complexity index is 317. The molecule has 0 saturated heterocycles. The zero-order valence-electron chi connectivity index (χ0n) is 11.7. The van der Waals surface area contributed by atoms with Crippen molar-refractivity contribution in [3.8, 4) is 0 Å². The zero-order valence-corrected chi connectivity index (χ0v) is 11.7. The molecule has 0 aromatic rings. The van der Waals surface area contributed by atoms with Gasteiger partial charge in [-0.25, -0.2) is 4.79 Å². The van der Waals surface area contributed by atoms with E-state index in [-0.39, 0.29) is 0 Å². The van der Waals surface area contributed by atoms with Crippen LogP contribution in [0.4, 0.5) is 0 Å². The largest absolute Gasteiger partial charge is 0.478 e. The van der Waals surface area contributed by atoms with Gasteiger partial charge in [-0.2, -0.15) is 0 Å². The molecular weight excluding hydrogens is 224 g/mol. The summed E-state index contributed by atoms with van der Waals surface area (Å²) in [5.74, 6) is 0.785. The van der Waals surface area contributed by atoms with Gasteiger partial charge in [-0.3, -0.25) is 0 Å². The van der Waals surface area contributed by atoms with Crippen LogP contribution in [0, 0.1) is 17.8 Å². The molecular formula is C16H26O2. The van der Waals surface area contributed by atoms with E-state index in [0.29, 0.717) is 23.3 Å². The minimum atomic E-state index is -0.787. The highest BCUT2D eigenvalue weighted by Gasteiger charge is 2.30. The molecule has 18 heavy (non-hydrogen) atoms. The van der Waals surface area contributed by atoms with Gasteiger partial charge in [0.15, 0.2) is 0 Å². The Morgan fingerprint density at radius 2 is 2.06 bits per heavy atom. The highest BCUT2D eigenvalue weighted by Crippen LogP contribution is 2.39. The maximum absolute atomic E-state index is 11.0. The molecule has 0 bridgehead atoms. The third kappa shape index (κ3) is 4.01. The van der Waals surface area contributed by atoms with E-state index in [9.17, 15) is 4.79 Å². The summed E-state index contributed by atoms with van der Waals surface area (Å²) in [7, 11) is 0. The van der Waals surface area contributed by atoms with Gasteiger partial charge in [-0.1, -0.05) is 38.3 Å². The van der Waals surface area contributed by atoms with Crippen LogP contribution in [-0.4, -0.2) is 11.1 Å². The fourth-order valence-electron chi connectivity index (χ4n) is 3.09. The molecule has 1 aliphatic rings. The van der Waals surface area contributed by atoms with Crippen LogP contribution < -0.4 is 0 Å². The topological polar surface area (TPSA) is 37.3 Å². The Balaban J connectivity index is 2.80. The molecule has 1 saturated carbocycles. The van der Waals surface area contributed by atoms with Crippen LogP contribution in [-0.2, 0) is 4.79 Å². The number of hydrogen-bond acceptors (Lipinski definition) is 1. The van der Waals surface area contributed by atoms with Crippen LogP contribution >= 0.6 is 0 Å².